The van der Waals surface area contributed by atoms with Gasteiger partial charge >= 0.3 is 0 Å². The van der Waals surface area contributed by atoms with Crippen molar-refractivity contribution in [2.24, 2.45) is 0 Å². The Morgan fingerprint density at radius 2 is 1.92 bits per heavy atom. The van der Waals surface area contributed by atoms with E-state index in [0.717, 1.165) is 0 Å². The number of nitrogens with one attached hydrogen (secondary N) is 2. The van der Waals surface area contributed by atoms with Gasteiger partial charge in [0.1, 0.15) is 16.8 Å². The minimum absolute atomic E-state index is 0.0197. The molecule has 10 heteroatoms. The van der Waals surface area contributed by atoms with Crippen LogP contribution < -0.4 is 10.0 Å². The monoisotopic (exact) mass is 448 g/mol. The van der Waals surface area contributed by atoms with E-state index in [1.54, 1.807) is 12.1 Å². The fraction of sp³-hybridized carbons (Fsp3) is 0.143. The highest BCUT2D eigenvalue weighted by Gasteiger charge is 2.21. The number of nitriles is 1. The summed E-state index contributed by atoms with van der Waals surface area (Å²) in [6.07, 6.45) is 1.54. The van der Waals surface area contributed by atoms with Gasteiger partial charge in [0, 0.05) is 23.8 Å². The zero-order valence-corrected chi connectivity index (χ0v) is 16.0. The van der Waals surface area contributed by atoms with Crippen molar-refractivity contribution in [2.75, 3.05) is 18.4 Å². The lowest BCUT2D eigenvalue weighted by molar-refractivity contribution is 0.583. The highest BCUT2D eigenvalue weighted by Crippen LogP contribution is 2.32. The summed E-state index contributed by atoms with van der Waals surface area (Å²) in [5.74, 6) is 0.388. The molecule has 0 atom stereocenters. The molecule has 0 fully saturated rings. The summed E-state index contributed by atoms with van der Waals surface area (Å²) in [4.78, 5) is 3.85. The van der Waals surface area contributed by atoms with E-state index in [0.29, 0.717) is 15.9 Å². The minimum Gasteiger partial charge on any atom is -0.368 e. The Morgan fingerprint density at radius 1 is 1.25 bits per heavy atom. The van der Waals surface area contributed by atoms with Gasteiger partial charge in [-0.15, -0.1) is 0 Å². The molecule has 1 heterocycles. The van der Waals surface area contributed by atoms with Crippen LogP contribution in [0.1, 0.15) is 5.56 Å². The van der Waals surface area contributed by atoms with Crippen LogP contribution in [0, 0.1) is 11.3 Å². The van der Waals surface area contributed by atoms with Crippen LogP contribution in [-0.2, 0) is 10.0 Å². The Bertz CT molecular complexity index is 877. The van der Waals surface area contributed by atoms with Gasteiger partial charge in [-0.2, -0.15) is 5.26 Å². The van der Waals surface area contributed by atoms with Crippen molar-refractivity contribution in [2.45, 2.75) is 4.90 Å². The van der Waals surface area contributed by atoms with Gasteiger partial charge in [0.2, 0.25) is 10.0 Å². The van der Waals surface area contributed by atoms with Crippen molar-refractivity contribution in [3.8, 4) is 6.07 Å². The smallest absolute Gasteiger partial charge is 0.243 e. The SMILES string of the molecule is N#Cc1cccnc1NCCNS(=O)(=O)c1c(Cl)cc(Br)cc1Cl. The number of nitrogens with zero attached hydrogens (tertiary/aromatic N) is 2. The molecular weight excluding hydrogens is 439 g/mol. The second kappa shape index (κ2) is 8.14. The number of rotatable bonds is 6. The molecule has 0 aliphatic rings. The van der Waals surface area contributed by atoms with Crippen molar-refractivity contribution < 1.29 is 8.42 Å². The molecule has 0 radical (unpaired) electrons. The summed E-state index contributed by atoms with van der Waals surface area (Å²) in [6, 6.07) is 8.15. The third kappa shape index (κ3) is 4.59. The molecule has 0 aliphatic carbocycles. The molecule has 0 spiro atoms. The first-order valence-electron chi connectivity index (χ1n) is 6.58. The average molecular weight is 450 g/mol. The fourth-order valence-corrected chi connectivity index (χ4v) is 4.82. The van der Waals surface area contributed by atoms with E-state index in [1.165, 1.54) is 18.3 Å². The van der Waals surface area contributed by atoms with Gasteiger partial charge in [-0.25, -0.2) is 18.1 Å². The number of hydrogen-bond donors (Lipinski definition) is 2. The predicted octanol–water partition coefficient (Wildman–Crippen LogP) is 3.41. The molecule has 24 heavy (non-hydrogen) atoms. The molecule has 0 amide bonds. The molecule has 126 valence electrons. The van der Waals surface area contributed by atoms with Crippen LogP contribution in [0.3, 0.4) is 0 Å². The van der Waals surface area contributed by atoms with Gasteiger partial charge < -0.3 is 5.32 Å². The van der Waals surface area contributed by atoms with Gasteiger partial charge in [0.25, 0.3) is 0 Å². The molecule has 1 aromatic heterocycles. The van der Waals surface area contributed by atoms with Crippen molar-refractivity contribution in [3.05, 3.63) is 50.5 Å². The standard InChI is InChI=1S/C14H11BrCl2N4O2S/c15-10-6-11(16)13(12(17)7-10)24(22,23)21-5-4-20-14-9(8-18)2-1-3-19-14/h1-3,6-7,21H,4-5H2,(H,19,20). The van der Waals surface area contributed by atoms with E-state index >= 15 is 0 Å². The van der Waals surface area contributed by atoms with Crippen molar-refractivity contribution in [1.82, 2.24) is 9.71 Å². The molecule has 0 unspecified atom stereocenters. The largest absolute Gasteiger partial charge is 0.368 e. The highest BCUT2D eigenvalue weighted by atomic mass is 79.9. The molecule has 2 rings (SSSR count). The van der Waals surface area contributed by atoms with Crippen molar-refractivity contribution in [3.63, 3.8) is 0 Å². The first-order chi connectivity index (χ1) is 11.3. The molecule has 1 aromatic carbocycles. The molecule has 2 N–H and O–H groups in total. The fourth-order valence-electron chi connectivity index (χ4n) is 1.86. The van der Waals surface area contributed by atoms with E-state index in [1.807, 2.05) is 6.07 Å². The van der Waals surface area contributed by atoms with E-state index in [-0.39, 0.29) is 28.0 Å². The zero-order valence-electron chi connectivity index (χ0n) is 12.1. The van der Waals surface area contributed by atoms with Crippen LogP contribution in [0.5, 0.6) is 0 Å². The number of anilines is 1. The zero-order chi connectivity index (χ0) is 17.7. The van der Waals surface area contributed by atoms with Crippen LogP contribution in [0.25, 0.3) is 0 Å². The van der Waals surface area contributed by atoms with Crippen LogP contribution in [0.4, 0.5) is 5.82 Å². The van der Waals surface area contributed by atoms with Gasteiger partial charge in [0.15, 0.2) is 0 Å². The highest BCUT2D eigenvalue weighted by molar-refractivity contribution is 9.10. The Kier molecular flexibility index (Phi) is 6.43. The van der Waals surface area contributed by atoms with Gasteiger partial charge in [-0.1, -0.05) is 39.1 Å². The average Bonchev–Trinajstić information content (AvgIpc) is 2.50. The second-order valence-corrected chi connectivity index (χ2v) is 7.97. The summed E-state index contributed by atoms with van der Waals surface area (Å²) in [5.41, 5.74) is 0.374. The Morgan fingerprint density at radius 3 is 2.54 bits per heavy atom. The first-order valence-corrected chi connectivity index (χ1v) is 9.61. The van der Waals surface area contributed by atoms with Crippen LogP contribution in [0.15, 0.2) is 39.8 Å². The maximum absolute atomic E-state index is 12.3. The summed E-state index contributed by atoms with van der Waals surface area (Å²) in [5, 5.41) is 11.9. The number of hydrogen-bond acceptors (Lipinski definition) is 5. The summed E-state index contributed by atoms with van der Waals surface area (Å²) >= 11 is 15.1. The maximum atomic E-state index is 12.3. The molecule has 6 nitrogen and oxygen atoms in total. The summed E-state index contributed by atoms with van der Waals surface area (Å²) in [7, 11) is -3.87. The lowest BCUT2D eigenvalue weighted by Crippen LogP contribution is -2.29. The normalized spacial score (nSPS) is 11.1. The van der Waals surface area contributed by atoms with E-state index < -0.39 is 10.0 Å². The lowest BCUT2D eigenvalue weighted by atomic mass is 10.3. The summed E-state index contributed by atoms with van der Waals surface area (Å²) < 4.78 is 27.6. The number of halogens is 3. The van der Waals surface area contributed by atoms with Gasteiger partial charge in [0.05, 0.1) is 15.6 Å². The predicted molar refractivity (Wildman–Crippen MR) is 96.8 cm³/mol. The van der Waals surface area contributed by atoms with Crippen LogP contribution in [-0.4, -0.2) is 26.5 Å². The Balaban J connectivity index is 2.03. The van der Waals surface area contributed by atoms with Crippen LogP contribution in [0.2, 0.25) is 10.0 Å². The molecule has 0 bridgehead atoms. The third-order valence-corrected chi connectivity index (χ3v) is 5.71. The number of aromatic nitrogens is 1. The van der Waals surface area contributed by atoms with E-state index in [4.69, 9.17) is 28.5 Å². The first kappa shape index (κ1) is 19.0. The molecule has 0 saturated carbocycles. The number of benzene rings is 1. The molecule has 0 saturated heterocycles. The molecule has 0 aliphatic heterocycles. The third-order valence-electron chi connectivity index (χ3n) is 2.87. The van der Waals surface area contributed by atoms with Gasteiger partial charge in [-0.05, 0) is 24.3 Å². The topological polar surface area (TPSA) is 94.9 Å². The Hall–Kier alpha value is -1.37. The number of sulfonamides is 1. The number of pyridine rings is 1. The molecular formula is C14H11BrCl2N4O2S. The van der Waals surface area contributed by atoms with Gasteiger partial charge in [-0.3, -0.25) is 0 Å². The lowest BCUT2D eigenvalue weighted by Gasteiger charge is -2.11. The quantitative estimate of drug-likeness (QED) is 0.658. The molecule has 2 aromatic rings. The van der Waals surface area contributed by atoms with E-state index in [9.17, 15) is 8.42 Å². The van der Waals surface area contributed by atoms with E-state index in [2.05, 4.69) is 31.0 Å². The van der Waals surface area contributed by atoms with Crippen molar-refractivity contribution >= 4 is 55.0 Å². The minimum atomic E-state index is -3.87. The van der Waals surface area contributed by atoms with Crippen LogP contribution >= 0.6 is 39.1 Å². The second-order valence-electron chi connectivity index (χ2n) is 4.53. The maximum Gasteiger partial charge on any atom is 0.243 e. The Labute approximate surface area is 158 Å². The summed E-state index contributed by atoms with van der Waals surface area (Å²) in [6.45, 7) is 0.295. The van der Waals surface area contributed by atoms with Crippen molar-refractivity contribution in [1.29, 1.82) is 5.26 Å².